The van der Waals surface area contributed by atoms with Gasteiger partial charge in [0.05, 0.1) is 10.9 Å². The summed E-state index contributed by atoms with van der Waals surface area (Å²) in [6, 6.07) is 5.84. The van der Waals surface area contributed by atoms with Crippen LogP contribution in [0.2, 0.25) is 0 Å². The van der Waals surface area contributed by atoms with Crippen molar-refractivity contribution in [1.29, 1.82) is 0 Å². The largest absolute Gasteiger partial charge is 0.488 e. The highest BCUT2D eigenvalue weighted by atomic mass is 79.9. The summed E-state index contributed by atoms with van der Waals surface area (Å²) in [7, 11) is 0. The second-order valence-corrected chi connectivity index (χ2v) is 6.10. The minimum atomic E-state index is -0.740. The predicted octanol–water partition coefficient (Wildman–Crippen LogP) is 3.91. The van der Waals surface area contributed by atoms with Crippen molar-refractivity contribution in [1.82, 2.24) is 0 Å². The monoisotopic (exact) mass is 324 g/mol. The Kier molecular flexibility index (Phi) is 3.99. The van der Waals surface area contributed by atoms with Crippen molar-refractivity contribution < 1.29 is 14.6 Å². The third-order valence-corrected chi connectivity index (χ3v) is 3.98. The Labute approximate surface area is 121 Å². The van der Waals surface area contributed by atoms with Crippen molar-refractivity contribution in [3.8, 4) is 5.75 Å². The summed E-state index contributed by atoms with van der Waals surface area (Å²) in [5, 5.41) is 8.97. The van der Waals surface area contributed by atoms with E-state index in [0.29, 0.717) is 6.61 Å². The number of rotatable bonds is 6. The van der Waals surface area contributed by atoms with Crippen molar-refractivity contribution in [2.24, 2.45) is 0 Å². The van der Waals surface area contributed by atoms with Crippen molar-refractivity contribution in [3.63, 3.8) is 0 Å². The second kappa shape index (κ2) is 5.37. The highest BCUT2D eigenvalue weighted by Gasteiger charge is 2.46. The van der Waals surface area contributed by atoms with Crippen LogP contribution in [-0.2, 0) is 10.2 Å². The molecule has 1 fully saturated rings. The number of hydrogen-bond acceptors (Lipinski definition) is 2. The van der Waals surface area contributed by atoms with E-state index in [-0.39, 0.29) is 11.8 Å². The van der Waals surface area contributed by atoms with Crippen LogP contribution in [0.4, 0.5) is 0 Å². The molecule has 2 rings (SSSR count). The summed E-state index contributed by atoms with van der Waals surface area (Å²) >= 11 is 3.48. The lowest BCUT2D eigenvalue weighted by atomic mass is 9.92. The normalized spacial score (nSPS) is 15.9. The van der Waals surface area contributed by atoms with Crippen LogP contribution in [-0.4, -0.2) is 17.7 Å². The van der Waals surface area contributed by atoms with Crippen LogP contribution in [0, 0.1) is 0 Å². The number of halogens is 1. The fourth-order valence-corrected chi connectivity index (χ4v) is 2.65. The summed E-state index contributed by atoms with van der Waals surface area (Å²) in [5.74, 6) is 0.0223. The Hall–Kier alpha value is -1.29. The molecule has 4 heteroatoms. The lowest BCUT2D eigenvalue weighted by Gasteiger charge is -2.15. The lowest BCUT2D eigenvalue weighted by molar-refractivity contribution is -0.137. The Balaban J connectivity index is 2.15. The van der Waals surface area contributed by atoms with Crippen LogP contribution in [0.5, 0.6) is 5.75 Å². The molecule has 0 aliphatic heterocycles. The first-order valence-corrected chi connectivity index (χ1v) is 7.01. The number of carbonyl (C=O) groups is 1. The molecule has 0 radical (unpaired) electrons. The summed E-state index contributed by atoms with van der Waals surface area (Å²) in [6.07, 6.45) is 2.08. The van der Waals surface area contributed by atoms with Crippen LogP contribution in [0.15, 0.2) is 34.8 Å². The Morgan fingerprint density at radius 2 is 2.21 bits per heavy atom. The van der Waals surface area contributed by atoms with Gasteiger partial charge in [0.15, 0.2) is 0 Å². The van der Waals surface area contributed by atoms with Crippen molar-refractivity contribution in [2.45, 2.75) is 31.6 Å². The van der Waals surface area contributed by atoms with Gasteiger partial charge in [-0.15, -0.1) is 0 Å². The zero-order chi connectivity index (χ0) is 14.0. The van der Waals surface area contributed by atoms with Gasteiger partial charge in [0.2, 0.25) is 0 Å². The van der Waals surface area contributed by atoms with E-state index in [1.165, 1.54) is 0 Å². The molecular weight excluding hydrogens is 308 g/mol. The van der Waals surface area contributed by atoms with Crippen molar-refractivity contribution in [3.05, 3.63) is 40.4 Å². The Morgan fingerprint density at radius 3 is 2.68 bits per heavy atom. The molecular formula is C15H17BrO3. The van der Waals surface area contributed by atoms with Gasteiger partial charge in [-0.05, 0) is 59.0 Å². The van der Waals surface area contributed by atoms with Crippen molar-refractivity contribution >= 4 is 21.9 Å². The molecule has 19 heavy (non-hydrogen) atoms. The van der Waals surface area contributed by atoms with E-state index in [0.717, 1.165) is 34.2 Å². The van der Waals surface area contributed by atoms with Gasteiger partial charge in [-0.3, -0.25) is 4.79 Å². The summed E-state index contributed by atoms with van der Waals surface area (Å²) < 4.78 is 6.47. The maximum atomic E-state index is 10.9. The fourth-order valence-electron chi connectivity index (χ4n) is 2.16. The first kappa shape index (κ1) is 14.1. The van der Waals surface area contributed by atoms with Gasteiger partial charge in [-0.2, -0.15) is 0 Å². The number of benzene rings is 1. The minimum absolute atomic E-state index is 0.165. The van der Waals surface area contributed by atoms with Gasteiger partial charge in [0, 0.05) is 5.41 Å². The molecule has 1 aliphatic rings. The van der Waals surface area contributed by atoms with E-state index >= 15 is 0 Å². The van der Waals surface area contributed by atoms with Gasteiger partial charge in [-0.1, -0.05) is 12.6 Å². The number of hydrogen-bond donors (Lipinski definition) is 1. The topological polar surface area (TPSA) is 46.5 Å². The maximum Gasteiger partial charge on any atom is 0.304 e. The average molecular weight is 325 g/mol. The summed E-state index contributed by atoms with van der Waals surface area (Å²) in [6.45, 7) is 6.19. The molecule has 3 nitrogen and oxygen atoms in total. The van der Waals surface area contributed by atoms with Gasteiger partial charge in [0.1, 0.15) is 12.4 Å². The molecule has 0 heterocycles. The molecule has 0 atom stereocenters. The van der Waals surface area contributed by atoms with E-state index in [9.17, 15) is 4.79 Å². The molecule has 1 aliphatic carbocycles. The smallest absolute Gasteiger partial charge is 0.304 e. The molecule has 0 bridgehead atoms. The highest BCUT2D eigenvalue weighted by molar-refractivity contribution is 9.10. The molecule has 1 N–H and O–H groups in total. The minimum Gasteiger partial charge on any atom is -0.488 e. The van der Waals surface area contributed by atoms with Crippen LogP contribution in [0.25, 0.3) is 0 Å². The third-order valence-electron chi connectivity index (χ3n) is 3.36. The zero-order valence-electron chi connectivity index (χ0n) is 10.9. The van der Waals surface area contributed by atoms with Crippen LogP contribution in [0.3, 0.4) is 0 Å². The molecule has 0 unspecified atom stereocenters. The number of carboxylic acid groups (broad SMARTS) is 1. The zero-order valence-corrected chi connectivity index (χ0v) is 12.5. The van der Waals surface area contributed by atoms with E-state index in [2.05, 4.69) is 22.5 Å². The Bertz CT molecular complexity index is 518. The fraction of sp³-hybridized carbons (Fsp3) is 0.400. The number of carboxylic acids is 1. The quantitative estimate of drug-likeness (QED) is 0.807. The summed E-state index contributed by atoms with van der Waals surface area (Å²) in [5.41, 5.74) is 1.87. The third kappa shape index (κ3) is 3.38. The Morgan fingerprint density at radius 1 is 1.53 bits per heavy atom. The van der Waals surface area contributed by atoms with Crippen LogP contribution < -0.4 is 4.74 Å². The molecule has 0 aromatic heterocycles. The molecule has 0 spiro atoms. The maximum absolute atomic E-state index is 10.9. The average Bonchev–Trinajstić information content (AvgIpc) is 3.07. The van der Waals surface area contributed by atoms with E-state index in [1.54, 1.807) is 0 Å². The highest BCUT2D eigenvalue weighted by Crippen LogP contribution is 2.52. The predicted molar refractivity (Wildman–Crippen MR) is 77.6 cm³/mol. The number of ether oxygens (including phenoxy) is 1. The van der Waals surface area contributed by atoms with Gasteiger partial charge in [0.25, 0.3) is 0 Å². The van der Waals surface area contributed by atoms with Gasteiger partial charge >= 0.3 is 5.97 Å². The molecule has 1 saturated carbocycles. The molecule has 0 amide bonds. The SMILES string of the molecule is C=C(C)COc1ccc(C2(CC(=O)O)CC2)cc1Br. The van der Waals surface area contributed by atoms with Gasteiger partial charge in [-0.25, -0.2) is 0 Å². The van der Waals surface area contributed by atoms with Crippen LogP contribution >= 0.6 is 15.9 Å². The first-order chi connectivity index (χ1) is 8.93. The van der Waals surface area contributed by atoms with E-state index in [4.69, 9.17) is 9.84 Å². The van der Waals surface area contributed by atoms with Crippen LogP contribution in [0.1, 0.15) is 31.7 Å². The van der Waals surface area contributed by atoms with E-state index < -0.39 is 5.97 Å². The lowest BCUT2D eigenvalue weighted by Crippen LogP contribution is -2.13. The summed E-state index contributed by atoms with van der Waals surface area (Å²) in [4.78, 5) is 10.9. The molecule has 0 saturated heterocycles. The first-order valence-electron chi connectivity index (χ1n) is 6.22. The van der Waals surface area contributed by atoms with E-state index in [1.807, 2.05) is 25.1 Å². The molecule has 1 aromatic rings. The molecule has 1 aromatic carbocycles. The second-order valence-electron chi connectivity index (χ2n) is 5.24. The van der Waals surface area contributed by atoms with Crippen molar-refractivity contribution in [2.75, 3.05) is 6.61 Å². The standard InChI is InChI=1S/C15H17BrO3/c1-10(2)9-19-13-4-3-11(7-12(13)16)15(5-6-15)8-14(17)18/h3-4,7H,1,5-6,8-9H2,2H3,(H,17,18). The molecule has 102 valence electrons. The number of aliphatic carboxylic acids is 1. The van der Waals surface area contributed by atoms with Gasteiger partial charge < -0.3 is 9.84 Å².